The predicted molar refractivity (Wildman–Crippen MR) is 363 cm³/mol. The quantitative estimate of drug-likeness (QED) is 0.0401. The third-order valence-corrected chi connectivity index (χ3v) is 21.1. The molecule has 0 N–H and O–H groups in total. The fourth-order valence-corrected chi connectivity index (χ4v) is 16.0. The summed E-state index contributed by atoms with van der Waals surface area (Å²) in [5, 5.41) is 0. The lowest BCUT2D eigenvalue weighted by atomic mass is 9.83. The Balaban J connectivity index is 0.933. The molecule has 5 heterocycles. The molecule has 0 bridgehead atoms. The first-order valence-electron chi connectivity index (χ1n) is 34.8. The highest BCUT2D eigenvalue weighted by molar-refractivity contribution is 7.99. The first-order valence-corrected chi connectivity index (χ1v) is 35.9. The van der Waals surface area contributed by atoms with E-state index in [1.54, 1.807) is 40.2 Å². The maximum absolute atomic E-state index is 7.90. The molecule has 19 atom stereocenters. The minimum absolute atomic E-state index is 0.0368. The monoisotopic (exact) mass is 1370 g/mol. The van der Waals surface area contributed by atoms with E-state index >= 15 is 0 Å². The summed E-state index contributed by atoms with van der Waals surface area (Å²) in [5.74, 6) is -4.82. The molecule has 13 rings (SSSR count). The lowest BCUT2D eigenvalue weighted by Crippen LogP contribution is -2.77. The average Bonchev–Trinajstić information content (AvgIpc) is 0.718. The predicted octanol–water partition coefficient (Wildman–Crippen LogP) is 12.2. The van der Waals surface area contributed by atoms with Crippen molar-refractivity contribution in [1.82, 2.24) is 0 Å². The van der Waals surface area contributed by atoms with Gasteiger partial charge in [-0.3, -0.25) is 0 Å². The van der Waals surface area contributed by atoms with Gasteiger partial charge in [0.1, 0.15) is 78.7 Å². The van der Waals surface area contributed by atoms with Gasteiger partial charge in [-0.25, -0.2) is 0 Å². The average molecular weight is 1370 g/mol. The molecule has 98 heavy (non-hydrogen) atoms. The summed E-state index contributed by atoms with van der Waals surface area (Å²) in [6, 6.07) is 60.2. The van der Waals surface area contributed by atoms with E-state index in [2.05, 4.69) is 6.92 Å². The van der Waals surface area contributed by atoms with Gasteiger partial charge in [0.25, 0.3) is 0 Å². The molecule has 7 aliphatic rings. The standard InChI is InChI=1S/C78H96O19S/c1-6-98-74-71(68-65(62(91-74)53-85-47-56-33-17-9-18-34-56)95-76(80-3)42-26-28-44-78(76,82-5)97-68)93-73-70(67-64(61(90-73)52-84-46-55-31-15-8-16-32-55)94-75(79-2)41-25-27-43-77(75,81-4)96-67)92-72-69(88-50-59-39-23-12-24-40-59)66(87-49-58-37-21-11-22-38-58)63(86-48-57-35-19-10-20-36-57)60(89-72)51-83-45-54-29-13-7-14-30-54/h7-24,29-40,60-74H,6,25-28,41-53H2,1-5H3/t60-,61-,62-,63-,64-,65-,66+,67+,68+,69+,70+,71+,72-,73-,74-,75+,76+,77+,78+/m1/s1. The maximum atomic E-state index is 7.90. The van der Waals surface area contributed by atoms with Crippen LogP contribution in [0.4, 0.5) is 0 Å². The minimum Gasteiger partial charge on any atom is -0.374 e. The van der Waals surface area contributed by atoms with E-state index in [9.17, 15) is 0 Å². The largest absolute Gasteiger partial charge is 0.374 e. The summed E-state index contributed by atoms with van der Waals surface area (Å²) in [5.41, 5.74) is 5.10. The van der Waals surface area contributed by atoms with Crippen molar-refractivity contribution >= 4 is 11.8 Å². The van der Waals surface area contributed by atoms with Crippen molar-refractivity contribution in [2.75, 3.05) is 54.0 Å². The number of hydrogen-bond acceptors (Lipinski definition) is 20. The molecule has 528 valence electrons. The SMILES string of the molecule is CCS[C@H]1O[C@H](COCc2ccccc2)[C@H]2O[C@@]3(OC)CCCC[C@]3(OC)O[C@@H]2[C@@H]1O[C@H]1O[C@H](COCc2ccccc2)[C@H]2O[C@@]3(OC)CCCC[C@]3(OC)O[C@@H]2[C@@H]1O[C@H]1O[C@H](COCc2ccccc2)[C@@H](OCc2ccccc2)[C@H](OCc2ccccc2)[C@@H]1OCc1ccccc1. The Morgan fingerprint density at radius 1 is 0.337 bits per heavy atom. The van der Waals surface area contributed by atoms with Crippen LogP contribution in [-0.2, 0) is 130 Å². The molecule has 0 amide bonds. The molecule has 0 unspecified atom stereocenters. The third-order valence-electron chi connectivity index (χ3n) is 20.0. The molecule has 6 aromatic carbocycles. The van der Waals surface area contributed by atoms with Crippen LogP contribution in [0.15, 0.2) is 182 Å². The summed E-state index contributed by atoms with van der Waals surface area (Å²) in [4.78, 5) is 0. The Morgan fingerprint density at radius 3 is 1.03 bits per heavy atom. The Hall–Kier alpha value is -5.09. The van der Waals surface area contributed by atoms with Crippen molar-refractivity contribution < 1.29 is 90.0 Å². The van der Waals surface area contributed by atoms with Gasteiger partial charge in [-0.05, 0) is 64.8 Å². The van der Waals surface area contributed by atoms with Crippen molar-refractivity contribution in [1.29, 1.82) is 0 Å². The highest BCUT2D eigenvalue weighted by atomic mass is 32.2. The van der Waals surface area contributed by atoms with Crippen molar-refractivity contribution in [3.63, 3.8) is 0 Å². The highest BCUT2D eigenvalue weighted by Gasteiger charge is 2.70. The second kappa shape index (κ2) is 33.8. The zero-order chi connectivity index (χ0) is 67.2. The summed E-state index contributed by atoms with van der Waals surface area (Å²) < 4.78 is 136. The molecule has 7 fully saturated rings. The van der Waals surface area contributed by atoms with E-state index < -0.39 is 114 Å². The van der Waals surface area contributed by atoms with Crippen molar-refractivity contribution in [2.24, 2.45) is 0 Å². The first-order chi connectivity index (χ1) is 48.2. The van der Waals surface area contributed by atoms with E-state index in [0.717, 1.165) is 59.1 Å². The Bertz CT molecular complexity index is 3320. The van der Waals surface area contributed by atoms with Crippen LogP contribution in [0.25, 0.3) is 0 Å². The van der Waals surface area contributed by atoms with Gasteiger partial charge in [0.2, 0.25) is 23.1 Å². The van der Waals surface area contributed by atoms with Crippen LogP contribution < -0.4 is 0 Å². The van der Waals surface area contributed by atoms with E-state index in [4.69, 9.17) is 90.0 Å². The third kappa shape index (κ3) is 15.9. The Labute approximate surface area is 580 Å². The van der Waals surface area contributed by atoms with Crippen molar-refractivity contribution in [3.05, 3.63) is 215 Å². The van der Waals surface area contributed by atoms with Gasteiger partial charge in [-0.1, -0.05) is 189 Å². The number of methoxy groups -OCH3 is 4. The molecule has 19 nitrogen and oxygen atoms in total. The number of thioether (sulfide) groups is 1. The maximum Gasteiger partial charge on any atom is 0.223 e. The van der Waals surface area contributed by atoms with Crippen LogP contribution in [0, 0.1) is 0 Å². The number of hydrogen-bond donors (Lipinski definition) is 0. The Kier molecular flexibility index (Phi) is 24.6. The van der Waals surface area contributed by atoms with Crippen LogP contribution in [0.5, 0.6) is 0 Å². The summed E-state index contributed by atoms with van der Waals surface area (Å²) in [7, 11) is 6.57. The van der Waals surface area contributed by atoms with Crippen LogP contribution in [0.3, 0.4) is 0 Å². The van der Waals surface area contributed by atoms with Crippen LogP contribution in [0.1, 0.15) is 91.7 Å². The fraction of sp³-hybridized carbons (Fsp3) is 0.538. The molecule has 2 saturated carbocycles. The molecule has 5 aliphatic heterocycles. The molecule has 0 radical (unpaired) electrons. The van der Waals surface area contributed by atoms with Gasteiger partial charge < -0.3 is 90.0 Å². The van der Waals surface area contributed by atoms with E-state index in [0.29, 0.717) is 44.6 Å². The smallest absolute Gasteiger partial charge is 0.223 e. The zero-order valence-corrected chi connectivity index (χ0v) is 57.7. The number of rotatable bonds is 31. The molecule has 20 heteroatoms. The van der Waals surface area contributed by atoms with Crippen molar-refractivity contribution in [2.45, 2.75) is 212 Å². The van der Waals surface area contributed by atoms with Crippen LogP contribution >= 0.6 is 11.8 Å². The van der Waals surface area contributed by atoms with E-state index in [-0.39, 0.29) is 46.2 Å². The zero-order valence-electron chi connectivity index (χ0n) is 56.9. The second-order valence-electron chi connectivity index (χ2n) is 26.1. The molecule has 2 aliphatic carbocycles. The van der Waals surface area contributed by atoms with Crippen LogP contribution in [-0.4, -0.2) is 168 Å². The minimum atomic E-state index is -1.44. The van der Waals surface area contributed by atoms with Gasteiger partial charge in [-0.15, -0.1) is 11.8 Å². The normalized spacial score (nSPS) is 34.6. The van der Waals surface area contributed by atoms with Gasteiger partial charge in [-0.2, -0.15) is 0 Å². The van der Waals surface area contributed by atoms with E-state index in [1.165, 1.54) is 0 Å². The van der Waals surface area contributed by atoms with Gasteiger partial charge >= 0.3 is 0 Å². The number of benzene rings is 6. The van der Waals surface area contributed by atoms with Gasteiger partial charge in [0, 0.05) is 54.1 Å². The lowest BCUT2D eigenvalue weighted by molar-refractivity contribution is -0.510. The second-order valence-corrected chi connectivity index (χ2v) is 27.5. The fourth-order valence-electron chi connectivity index (χ4n) is 15.1. The molecule has 0 spiro atoms. The number of ether oxygens (including phenoxy) is 19. The summed E-state index contributed by atoms with van der Waals surface area (Å²) in [6.45, 7) is 3.84. The summed E-state index contributed by atoms with van der Waals surface area (Å²) >= 11 is 1.58. The topological polar surface area (TPSA) is 175 Å². The lowest BCUT2D eigenvalue weighted by Gasteiger charge is -2.62. The molecule has 6 aromatic rings. The molecule has 5 saturated heterocycles. The molecule has 0 aromatic heterocycles. The number of fused-ring (bicyclic) bond motifs is 4. The van der Waals surface area contributed by atoms with Gasteiger partial charge in [0.15, 0.2) is 12.6 Å². The van der Waals surface area contributed by atoms with Crippen LogP contribution in [0.2, 0.25) is 0 Å². The first kappa shape index (κ1) is 71.3. The van der Waals surface area contributed by atoms with Crippen molar-refractivity contribution in [3.8, 4) is 0 Å². The molecular weight excluding hydrogens is 1270 g/mol. The Morgan fingerprint density at radius 2 is 0.643 bits per heavy atom. The molecular formula is C78H96O19S. The summed E-state index contributed by atoms with van der Waals surface area (Å²) in [6.07, 6.45) is -8.46. The highest BCUT2D eigenvalue weighted by Crippen LogP contribution is 2.55. The van der Waals surface area contributed by atoms with Gasteiger partial charge in [0.05, 0.1) is 59.5 Å². The van der Waals surface area contributed by atoms with E-state index in [1.807, 2.05) is 182 Å².